The molecule has 0 bridgehead atoms. The van der Waals surface area contributed by atoms with Gasteiger partial charge in [-0.15, -0.1) is 0 Å². The number of aryl methyl sites for hydroxylation is 1. The van der Waals surface area contributed by atoms with Crippen molar-refractivity contribution in [3.8, 4) is 0 Å². The second-order valence-corrected chi connectivity index (χ2v) is 7.06. The Hall–Kier alpha value is -2.95. The summed E-state index contributed by atoms with van der Waals surface area (Å²) in [4.78, 5) is 37.9. The van der Waals surface area contributed by atoms with Crippen molar-refractivity contribution in [2.45, 2.75) is 39.2 Å². The molecule has 28 heavy (non-hydrogen) atoms. The van der Waals surface area contributed by atoms with E-state index in [1.165, 1.54) is 5.56 Å². The van der Waals surface area contributed by atoms with E-state index in [0.29, 0.717) is 24.1 Å². The number of Topliss-reactive ketones (excluding diaryl/α,β-unsaturated/α-hetero) is 1. The molecule has 0 saturated carbocycles. The summed E-state index contributed by atoms with van der Waals surface area (Å²) < 4.78 is 5.16. The number of carbonyl (C=O) groups is 3. The van der Waals surface area contributed by atoms with Gasteiger partial charge in [0.15, 0.2) is 12.4 Å². The van der Waals surface area contributed by atoms with Gasteiger partial charge in [0.2, 0.25) is 5.91 Å². The normalized spacial score (nSPS) is 13.6. The van der Waals surface area contributed by atoms with E-state index in [1.54, 1.807) is 24.3 Å². The molecule has 1 heterocycles. The van der Waals surface area contributed by atoms with Gasteiger partial charge < -0.3 is 9.64 Å². The Morgan fingerprint density at radius 2 is 1.61 bits per heavy atom. The van der Waals surface area contributed by atoms with Gasteiger partial charge in [-0.1, -0.05) is 49.7 Å². The van der Waals surface area contributed by atoms with Crippen molar-refractivity contribution in [3.63, 3.8) is 0 Å². The van der Waals surface area contributed by atoms with Crippen LogP contribution in [0.5, 0.6) is 0 Å². The first-order valence-electron chi connectivity index (χ1n) is 9.73. The average molecular weight is 379 g/mol. The van der Waals surface area contributed by atoms with E-state index in [-0.39, 0.29) is 18.3 Å². The second-order valence-electron chi connectivity index (χ2n) is 7.06. The highest BCUT2D eigenvalue weighted by Crippen LogP contribution is 2.15. The molecule has 1 fully saturated rings. The minimum absolute atomic E-state index is 0.171. The average Bonchev–Trinajstić information content (AvgIpc) is 3.12. The number of esters is 1. The molecular weight excluding hydrogens is 354 g/mol. The summed E-state index contributed by atoms with van der Waals surface area (Å²) in [5.41, 5.74) is 3.09. The molecule has 3 rings (SSSR count). The Kier molecular flexibility index (Phi) is 6.58. The van der Waals surface area contributed by atoms with Crippen LogP contribution in [0, 0.1) is 0 Å². The highest BCUT2D eigenvalue weighted by atomic mass is 16.5. The molecule has 146 valence electrons. The fraction of sp³-hybridized carbons (Fsp3) is 0.348. The van der Waals surface area contributed by atoms with E-state index >= 15 is 0 Å². The van der Waals surface area contributed by atoms with Crippen molar-refractivity contribution in [2.75, 3.05) is 13.2 Å². The topological polar surface area (TPSA) is 63.7 Å². The third-order valence-corrected chi connectivity index (χ3v) is 4.88. The van der Waals surface area contributed by atoms with Crippen molar-refractivity contribution in [2.24, 2.45) is 0 Å². The molecule has 5 nitrogen and oxygen atoms in total. The van der Waals surface area contributed by atoms with Crippen LogP contribution in [0.2, 0.25) is 0 Å². The number of rotatable bonds is 8. The summed E-state index contributed by atoms with van der Waals surface area (Å²) in [6, 6.07) is 14.4. The van der Waals surface area contributed by atoms with Crippen LogP contribution < -0.4 is 0 Å². The number of nitrogens with zero attached hydrogens (tertiary/aromatic N) is 1. The SMILES string of the molecule is CCCc1ccc(C(=O)COC(=O)c2ccc(CN3CCCC3=O)cc2)cc1. The van der Waals surface area contributed by atoms with Crippen LogP contribution in [0.15, 0.2) is 48.5 Å². The molecule has 1 aliphatic heterocycles. The van der Waals surface area contributed by atoms with Crippen LogP contribution in [-0.4, -0.2) is 35.7 Å². The van der Waals surface area contributed by atoms with E-state index in [9.17, 15) is 14.4 Å². The second kappa shape index (κ2) is 9.31. The molecule has 0 aromatic heterocycles. The first kappa shape index (κ1) is 19.8. The largest absolute Gasteiger partial charge is 0.454 e. The van der Waals surface area contributed by atoms with E-state index in [4.69, 9.17) is 4.74 Å². The lowest BCUT2D eigenvalue weighted by molar-refractivity contribution is -0.128. The van der Waals surface area contributed by atoms with Crippen LogP contribution in [0.3, 0.4) is 0 Å². The standard InChI is InChI=1S/C23H25NO4/c1-2-4-17-6-10-19(11-7-17)21(25)16-28-23(27)20-12-8-18(9-13-20)15-24-14-3-5-22(24)26/h6-13H,2-5,14-16H2,1H3. The van der Waals surface area contributed by atoms with Crippen molar-refractivity contribution < 1.29 is 19.1 Å². The number of hydrogen-bond donors (Lipinski definition) is 0. The zero-order valence-electron chi connectivity index (χ0n) is 16.1. The van der Waals surface area contributed by atoms with Gasteiger partial charge in [-0.3, -0.25) is 9.59 Å². The number of likely N-dealkylation sites (tertiary alicyclic amines) is 1. The molecule has 0 atom stereocenters. The Bertz CT molecular complexity index is 840. The number of ether oxygens (including phenoxy) is 1. The van der Waals surface area contributed by atoms with E-state index in [1.807, 2.05) is 29.2 Å². The van der Waals surface area contributed by atoms with Crippen LogP contribution in [0.25, 0.3) is 0 Å². The maximum atomic E-state index is 12.2. The monoisotopic (exact) mass is 379 g/mol. The minimum atomic E-state index is -0.528. The lowest BCUT2D eigenvalue weighted by Gasteiger charge is -2.15. The van der Waals surface area contributed by atoms with Crippen molar-refractivity contribution >= 4 is 17.7 Å². The lowest BCUT2D eigenvalue weighted by Crippen LogP contribution is -2.23. The molecule has 5 heteroatoms. The summed E-state index contributed by atoms with van der Waals surface area (Å²) in [6.07, 6.45) is 3.54. The van der Waals surface area contributed by atoms with E-state index in [0.717, 1.165) is 31.4 Å². The highest BCUT2D eigenvalue weighted by Gasteiger charge is 2.20. The first-order chi connectivity index (χ1) is 13.6. The lowest BCUT2D eigenvalue weighted by atomic mass is 10.1. The van der Waals surface area contributed by atoms with Crippen LogP contribution in [0.1, 0.15) is 58.0 Å². The highest BCUT2D eigenvalue weighted by molar-refractivity contribution is 5.99. The van der Waals surface area contributed by atoms with Crippen LogP contribution in [-0.2, 0) is 22.5 Å². The summed E-state index contributed by atoms with van der Waals surface area (Å²) in [7, 11) is 0. The molecule has 1 amide bonds. The zero-order valence-corrected chi connectivity index (χ0v) is 16.1. The van der Waals surface area contributed by atoms with Gasteiger partial charge in [0, 0.05) is 25.1 Å². The van der Waals surface area contributed by atoms with Gasteiger partial charge in [-0.25, -0.2) is 4.79 Å². The molecule has 0 radical (unpaired) electrons. The summed E-state index contributed by atoms with van der Waals surface area (Å²) in [5, 5.41) is 0. The predicted octanol–water partition coefficient (Wildman–Crippen LogP) is 3.80. The number of benzene rings is 2. The molecule has 1 aliphatic rings. The third kappa shape index (κ3) is 5.06. The Labute approximate surface area is 165 Å². The molecule has 1 saturated heterocycles. The smallest absolute Gasteiger partial charge is 0.338 e. The van der Waals surface area contributed by atoms with Gasteiger partial charge in [0.05, 0.1) is 5.56 Å². The first-order valence-corrected chi connectivity index (χ1v) is 9.73. The van der Waals surface area contributed by atoms with Gasteiger partial charge in [0.1, 0.15) is 0 Å². The molecule has 0 unspecified atom stereocenters. The van der Waals surface area contributed by atoms with Crippen molar-refractivity contribution in [1.82, 2.24) is 4.90 Å². The molecule has 2 aromatic rings. The zero-order chi connectivity index (χ0) is 19.9. The van der Waals surface area contributed by atoms with Gasteiger partial charge in [0.25, 0.3) is 0 Å². The molecule has 0 aliphatic carbocycles. The molecule has 2 aromatic carbocycles. The van der Waals surface area contributed by atoms with Crippen LogP contribution >= 0.6 is 0 Å². The Morgan fingerprint density at radius 1 is 0.964 bits per heavy atom. The van der Waals surface area contributed by atoms with Crippen molar-refractivity contribution in [1.29, 1.82) is 0 Å². The van der Waals surface area contributed by atoms with Crippen LogP contribution in [0.4, 0.5) is 0 Å². The number of ketones is 1. The van der Waals surface area contributed by atoms with Gasteiger partial charge in [-0.05, 0) is 36.1 Å². The van der Waals surface area contributed by atoms with Crippen molar-refractivity contribution in [3.05, 3.63) is 70.8 Å². The third-order valence-electron chi connectivity index (χ3n) is 4.88. The minimum Gasteiger partial charge on any atom is -0.454 e. The molecule has 0 N–H and O–H groups in total. The fourth-order valence-electron chi connectivity index (χ4n) is 3.28. The molecule has 0 spiro atoms. The summed E-state index contributed by atoms with van der Waals surface area (Å²) in [6.45, 7) is 3.16. The number of hydrogen-bond acceptors (Lipinski definition) is 4. The van der Waals surface area contributed by atoms with Gasteiger partial charge >= 0.3 is 5.97 Å². The number of carbonyl (C=O) groups excluding carboxylic acids is 3. The molecular formula is C23H25NO4. The number of amides is 1. The predicted molar refractivity (Wildman–Crippen MR) is 106 cm³/mol. The quantitative estimate of drug-likeness (QED) is 0.517. The summed E-state index contributed by atoms with van der Waals surface area (Å²) in [5.74, 6) is -0.579. The Morgan fingerprint density at radius 3 is 2.21 bits per heavy atom. The maximum Gasteiger partial charge on any atom is 0.338 e. The summed E-state index contributed by atoms with van der Waals surface area (Å²) >= 11 is 0. The van der Waals surface area contributed by atoms with E-state index in [2.05, 4.69) is 6.92 Å². The Balaban J connectivity index is 1.51. The van der Waals surface area contributed by atoms with Gasteiger partial charge in [-0.2, -0.15) is 0 Å². The van der Waals surface area contributed by atoms with E-state index < -0.39 is 5.97 Å². The fourth-order valence-corrected chi connectivity index (χ4v) is 3.28. The maximum absolute atomic E-state index is 12.2.